The number of nitrogens with zero attached hydrogens (tertiary/aromatic N) is 8. The summed E-state index contributed by atoms with van der Waals surface area (Å²) >= 11 is 12.2. The minimum absolute atomic E-state index is 0.000602. The van der Waals surface area contributed by atoms with Crippen LogP contribution in [0.4, 0.5) is 0 Å². The van der Waals surface area contributed by atoms with E-state index in [0.717, 1.165) is 70.7 Å². The van der Waals surface area contributed by atoms with Crippen molar-refractivity contribution in [2.75, 3.05) is 138 Å². The lowest BCUT2D eigenvalue weighted by molar-refractivity contribution is -0.147. The third kappa shape index (κ3) is 34.6. The van der Waals surface area contributed by atoms with E-state index in [1.807, 2.05) is 301 Å². The van der Waals surface area contributed by atoms with Gasteiger partial charge < -0.3 is 72.9 Å². The molecule has 0 aromatic heterocycles. The number of carbonyl (C=O) groups excluding carboxylic acids is 7. The van der Waals surface area contributed by atoms with E-state index in [1.54, 1.807) is 0 Å². The van der Waals surface area contributed by atoms with Crippen LogP contribution in [0.1, 0.15) is 245 Å². The van der Waals surface area contributed by atoms with Crippen molar-refractivity contribution >= 4 is 64.6 Å². The van der Waals surface area contributed by atoms with Gasteiger partial charge >= 0.3 is 0 Å². The Morgan fingerprint density at radius 1 is 0.311 bits per heavy atom. The van der Waals surface area contributed by atoms with Crippen molar-refractivity contribution in [3.8, 4) is 0 Å². The average molecular weight is 1900 g/mol. The molecule has 7 amide bonds. The molecule has 7 aliphatic heterocycles. The summed E-state index contributed by atoms with van der Waals surface area (Å²) in [7, 11) is 0. The number of aryl methyl sites for hydroxylation is 1. The molecule has 23 nitrogen and oxygen atoms in total. The third-order valence-electron chi connectivity index (χ3n) is 24.0. The predicted octanol–water partition coefficient (Wildman–Crippen LogP) is 19.2. The molecule has 2 N–H and O–H groups in total. The number of ether oxygens (including phenoxy) is 6. The van der Waals surface area contributed by atoms with E-state index in [0.29, 0.717) is 134 Å². The zero-order valence-electron chi connectivity index (χ0n) is 84.9. The molecule has 14 rings (SSSR count). The summed E-state index contributed by atoms with van der Waals surface area (Å²) < 4.78 is 34.7. The maximum absolute atomic E-state index is 12.4. The molecular formula is C110H156Cl2N8O15. The molecule has 0 bridgehead atoms. The van der Waals surface area contributed by atoms with E-state index in [2.05, 4.69) is 79.4 Å². The highest BCUT2D eigenvalue weighted by molar-refractivity contribution is 6.31. The second-order valence-corrected chi connectivity index (χ2v) is 44.0. The van der Waals surface area contributed by atoms with Gasteiger partial charge in [-0.25, -0.2) is 0 Å². The average Bonchev–Trinajstić information content (AvgIpc) is 0.827. The molecule has 135 heavy (non-hydrogen) atoms. The minimum Gasteiger partial charge on any atom is -0.392 e. The van der Waals surface area contributed by atoms with E-state index in [-0.39, 0.29) is 129 Å². The Hall–Kier alpha value is -8.95. The first-order chi connectivity index (χ1) is 63.3. The van der Waals surface area contributed by atoms with E-state index < -0.39 is 0 Å². The van der Waals surface area contributed by atoms with Gasteiger partial charge in [0, 0.05) is 125 Å². The van der Waals surface area contributed by atoms with E-state index in [1.165, 1.54) is 11.1 Å². The normalized spacial score (nSPS) is 20.4. The molecule has 7 fully saturated rings. The number of aliphatic hydroxyl groups is 2. The number of hydrogen-bond acceptors (Lipinski definition) is 16. The molecule has 740 valence electrons. The standard InChI is InChI=1S/C17H26N2O.2C16H23NO3.C16H23NO2.2C15H20ClNO2.C15H21NO2/c1-14-12-18(13-15-8-6-5-7-9-15)10-11-19(14)16(20)17(2,3)4;1-16(2,3)15(19)17-7-8-20-14(10-17)13-6-4-5-12(9-13)11-18;1-16(2,3)15(19)17-8-9-20-14(10-17)13-7-5-4-6-12(13)11-18;1-12-5-7-13(8-6-12)14-11-17(9-10-19-14)15(18)16(2,3)4;1-15(2,3)14(18)17-7-8-19-13(10-17)11-5-4-6-12(16)9-11;1-15(2,3)14(18)17-8-9-19-13(10-17)11-6-4-5-7-12(11)16;1-15(2,3)14(17)16-9-10-18-13(11-16)12-7-5-4-6-8-12/h5-9,14H,10-13H2,1-4H3;4-6,9,14,18H,7-8,10-11H2,1-3H3;4-7,14,18H,8-11H2,1-3H3;5-8,14H,9-11H2,1-4H3;4-6,9,13H,7-8,10H2,1-3H3;4-7,13H,8-10H2,1-3H3;4-8,13H,9-11H2,1-3H3. The molecule has 7 unspecified atom stereocenters. The van der Waals surface area contributed by atoms with Gasteiger partial charge in [0.25, 0.3) is 0 Å². The van der Waals surface area contributed by atoms with Gasteiger partial charge in [0.2, 0.25) is 41.4 Å². The Morgan fingerprint density at radius 3 is 0.993 bits per heavy atom. The molecule has 7 saturated heterocycles. The largest absolute Gasteiger partial charge is 0.392 e. The highest BCUT2D eigenvalue weighted by atomic mass is 35.5. The van der Waals surface area contributed by atoms with E-state index >= 15 is 0 Å². The predicted molar refractivity (Wildman–Crippen MR) is 536 cm³/mol. The number of morpholine rings is 6. The fourth-order valence-corrected chi connectivity index (χ4v) is 17.0. The van der Waals surface area contributed by atoms with Crippen LogP contribution in [0.15, 0.2) is 182 Å². The summed E-state index contributed by atoms with van der Waals surface area (Å²) in [6.45, 7) is 60.0. The zero-order chi connectivity index (χ0) is 99.6. The number of amides is 7. The number of aliphatic hydroxyl groups excluding tert-OH is 2. The maximum atomic E-state index is 12.4. The number of benzene rings is 7. The summed E-state index contributed by atoms with van der Waals surface area (Å²) in [6, 6.07) is 60.0. The molecule has 0 aliphatic carbocycles. The molecule has 0 spiro atoms. The Bertz CT molecular complexity index is 4910. The lowest BCUT2D eigenvalue weighted by Crippen LogP contribution is -2.56. The third-order valence-corrected chi connectivity index (χ3v) is 24.6. The van der Waals surface area contributed by atoms with Gasteiger partial charge in [-0.2, -0.15) is 0 Å². The zero-order valence-corrected chi connectivity index (χ0v) is 86.4. The quantitative estimate of drug-likeness (QED) is 0.129. The van der Waals surface area contributed by atoms with Crippen LogP contribution in [0, 0.1) is 44.8 Å². The summed E-state index contributed by atoms with van der Waals surface area (Å²) in [6.07, 6.45) is -0.473. The molecule has 7 aliphatic rings. The molecule has 0 radical (unpaired) electrons. The lowest BCUT2D eigenvalue weighted by Gasteiger charge is -2.42. The fourth-order valence-electron chi connectivity index (χ4n) is 16.6. The van der Waals surface area contributed by atoms with E-state index in [9.17, 15) is 43.8 Å². The topological polar surface area (TPSA) is 241 Å². The molecular weight excluding hydrogens is 1740 g/mol. The van der Waals surface area contributed by atoms with Gasteiger partial charge in [-0.05, 0) is 76.6 Å². The summed E-state index contributed by atoms with van der Waals surface area (Å²) in [5.74, 6) is 1.30. The number of carbonyl (C=O) groups is 7. The second-order valence-electron chi connectivity index (χ2n) is 43.1. The molecule has 7 heterocycles. The monoisotopic (exact) mass is 1900 g/mol. The van der Waals surface area contributed by atoms with Gasteiger partial charge in [-0.3, -0.25) is 38.5 Å². The van der Waals surface area contributed by atoms with Gasteiger partial charge in [0.15, 0.2) is 0 Å². The van der Waals surface area contributed by atoms with Crippen molar-refractivity contribution in [3.63, 3.8) is 0 Å². The number of piperazine rings is 1. The highest BCUT2D eigenvalue weighted by Gasteiger charge is 2.40. The molecule has 7 aromatic rings. The smallest absolute Gasteiger partial charge is 0.228 e. The van der Waals surface area contributed by atoms with Crippen LogP contribution in [-0.2, 0) is 81.7 Å². The Kier molecular flexibility index (Phi) is 41.7. The second kappa shape index (κ2) is 50.6. The van der Waals surface area contributed by atoms with Crippen LogP contribution >= 0.6 is 23.2 Å². The van der Waals surface area contributed by atoms with Crippen LogP contribution in [0.2, 0.25) is 10.0 Å². The van der Waals surface area contributed by atoms with Crippen LogP contribution in [0.5, 0.6) is 0 Å². The molecule has 25 heteroatoms. The van der Waals surface area contributed by atoms with Crippen LogP contribution in [0.25, 0.3) is 0 Å². The van der Waals surface area contributed by atoms with Crippen LogP contribution in [-0.4, -0.2) is 235 Å². The van der Waals surface area contributed by atoms with Crippen molar-refractivity contribution < 1.29 is 72.2 Å². The molecule has 7 aromatic carbocycles. The SMILES string of the molecule is CC(C)(C)C(=O)N1CCOC(c2cccc(CO)c2)C1.CC(C)(C)C(=O)N1CCOC(c2cccc(Cl)c2)C1.CC(C)(C)C(=O)N1CCOC(c2ccccc2)C1.CC(C)(C)C(=O)N1CCOC(c2ccccc2CO)C1.CC(C)(C)C(=O)N1CCOC(c2ccccc2Cl)C1.CC1CN(Cc2ccccc2)CCN1C(=O)C(C)(C)C.Cc1ccc(C2CN(C(=O)C(C)(C)C)CCO2)cc1. The number of rotatable bonds is 10. The van der Waals surface area contributed by atoms with E-state index in [4.69, 9.17) is 51.6 Å². The summed E-state index contributed by atoms with van der Waals surface area (Å²) in [5, 5.41) is 20.0. The first-order valence-electron chi connectivity index (χ1n) is 47.9. The van der Waals surface area contributed by atoms with Gasteiger partial charge in [-0.15, -0.1) is 0 Å². The lowest BCUT2D eigenvalue weighted by atomic mass is 9.93. The first kappa shape index (κ1) is 111. The van der Waals surface area contributed by atoms with Crippen molar-refractivity contribution in [3.05, 3.63) is 248 Å². The Labute approximate surface area is 816 Å². The maximum Gasteiger partial charge on any atom is 0.228 e. The van der Waals surface area contributed by atoms with Crippen molar-refractivity contribution in [2.45, 2.75) is 222 Å². The van der Waals surface area contributed by atoms with Gasteiger partial charge in [-0.1, -0.05) is 338 Å². The van der Waals surface area contributed by atoms with Crippen molar-refractivity contribution in [1.29, 1.82) is 0 Å². The Morgan fingerprint density at radius 2 is 0.622 bits per heavy atom. The first-order valence-corrected chi connectivity index (χ1v) is 48.6. The highest BCUT2D eigenvalue weighted by Crippen LogP contribution is 2.36. The number of hydrogen-bond donors (Lipinski definition) is 2. The van der Waals surface area contributed by atoms with Gasteiger partial charge in [0.1, 0.15) is 36.6 Å². The fraction of sp³-hybridized carbons (Fsp3) is 0.555. The van der Waals surface area contributed by atoms with Crippen LogP contribution < -0.4 is 0 Å². The molecule has 0 saturated carbocycles. The summed E-state index contributed by atoms with van der Waals surface area (Å²) in [5.41, 5.74) is 8.19. The molecule has 7 atom stereocenters. The minimum atomic E-state index is -0.377. The number of halogens is 2. The van der Waals surface area contributed by atoms with Crippen molar-refractivity contribution in [1.82, 2.24) is 39.2 Å². The van der Waals surface area contributed by atoms with Crippen LogP contribution in [0.3, 0.4) is 0 Å². The van der Waals surface area contributed by atoms with Gasteiger partial charge in [0.05, 0.1) is 92.1 Å². The summed E-state index contributed by atoms with van der Waals surface area (Å²) in [4.78, 5) is 102. The van der Waals surface area contributed by atoms with Crippen molar-refractivity contribution in [2.24, 2.45) is 37.9 Å². The Balaban J connectivity index is 0.000000194.